The van der Waals surface area contributed by atoms with Gasteiger partial charge in [-0.05, 0) is 40.9 Å². The Hall–Kier alpha value is -0.780. The van der Waals surface area contributed by atoms with Crippen molar-refractivity contribution in [2.24, 2.45) is 0 Å². The molecule has 0 spiro atoms. The maximum atomic E-state index is 3.31. The zero-order chi connectivity index (χ0) is 12.4. The lowest BCUT2D eigenvalue weighted by atomic mass is 9.77. The number of hydrogen-bond acceptors (Lipinski definition) is 0. The zero-order valence-corrected chi connectivity index (χ0v) is 11.6. The van der Waals surface area contributed by atoms with Crippen molar-refractivity contribution in [1.82, 2.24) is 0 Å². The van der Waals surface area contributed by atoms with Crippen LogP contribution in [-0.2, 0) is 10.8 Å². The molecule has 0 nitrogen and oxygen atoms in total. The van der Waals surface area contributed by atoms with Crippen LogP contribution < -0.4 is 0 Å². The fourth-order valence-electron chi connectivity index (χ4n) is 1.66. The van der Waals surface area contributed by atoms with E-state index in [9.17, 15) is 0 Å². The Morgan fingerprint density at radius 1 is 0.875 bits per heavy atom. The first kappa shape index (κ1) is 13.3. The lowest BCUT2D eigenvalue weighted by Gasteiger charge is -2.28. The summed E-state index contributed by atoms with van der Waals surface area (Å²) in [5.41, 5.74) is 3.34. The minimum atomic E-state index is 0.260. The number of hydrogen-bond donors (Lipinski definition) is 0. The van der Waals surface area contributed by atoms with Gasteiger partial charge in [0.2, 0.25) is 0 Å². The van der Waals surface area contributed by atoms with Crippen molar-refractivity contribution in [2.45, 2.75) is 65.2 Å². The highest BCUT2D eigenvalue weighted by Gasteiger charge is 2.22. The Morgan fingerprint density at radius 3 is 1.56 bits per heavy atom. The maximum Gasteiger partial charge on any atom is -0.0106 e. The van der Waals surface area contributed by atoms with Crippen LogP contribution in [0.4, 0.5) is 0 Å². The molecular weight excluding hydrogens is 192 g/mol. The van der Waals surface area contributed by atoms with Crippen molar-refractivity contribution >= 4 is 0 Å². The van der Waals surface area contributed by atoms with Gasteiger partial charge in [-0.3, -0.25) is 0 Å². The summed E-state index contributed by atoms with van der Waals surface area (Å²) < 4.78 is 0. The van der Waals surface area contributed by atoms with E-state index in [1.807, 2.05) is 0 Å². The van der Waals surface area contributed by atoms with E-state index >= 15 is 0 Å². The summed E-state index contributed by atoms with van der Waals surface area (Å²) in [7, 11) is 0. The SMILES string of the molecule is CCC(C)(C)c1c[c]cc(C(C)(C)CC)c1. The molecule has 1 radical (unpaired) electrons. The largest absolute Gasteiger partial charge is 0.0646 e. The second kappa shape index (κ2) is 4.61. The second-order valence-electron chi connectivity index (χ2n) is 5.99. The van der Waals surface area contributed by atoms with Crippen LogP contribution in [0.25, 0.3) is 0 Å². The second-order valence-corrected chi connectivity index (χ2v) is 5.99. The highest BCUT2D eigenvalue weighted by molar-refractivity contribution is 5.32. The number of rotatable bonds is 4. The summed E-state index contributed by atoms with van der Waals surface area (Å²) in [5.74, 6) is 0. The Bertz CT molecular complexity index is 314. The Labute approximate surface area is 101 Å². The van der Waals surface area contributed by atoms with E-state index in [1.165, 1.54) is 11.1 Å². The average molecular weight is 217 g/mol. The van der Waals surface area contributed by atoms with Gasteiger partial charge in [0.15, 0.2) is 0 Å². The molecule has 0 saturated carbocycles. The van der Waals surface area contributed by atoms with E-state index in [-0.39, 0.29) is 10.8 Å². The minimum Gasteiger partial charge on any atom is -0.0646 e. The third kappa shape index (κ3) is 2.66. The quantitative estimate of drug-likeness (QED) is 0.675. The van der Waals surface area contributed by atoms with Crippen molar-refractivity contribution < 1.29 is 0 Å². The third-order valence-electron chi connectivity index (χ3n) is 4.12. The molecule has 0 aromatic heterocycles. The third-order valence-corrected chi connectivity index (χ3v) is 4.12. The molecule has 16 heavy (non-hydrogen) atoms. The Balaban J connectivity index is 3.14. The van der Waals surface area contributed by atoms with Crippen molar-refractivity contribution in [3.05, 3.63) is 35.4 Å². The van der Waals surface area contributed by atoms with E-state index in [0.29, 0.717) is 0 Å². The van der Waals surface area contributed by atoms with Gasteiger partial charge in [0.05, 0.1) is 0 Å². The smallest absolute Gasteiger partial charge is 0.0106 e. The van der Waals surface area contributed by atoms with Crippen molar-refractivity contribution in [3.8, 4) is 0 Å². The topological polar surface area (TPSA) is 0 Å². The molecule has 1 aromatic rings. The van der Waals surface area contributed by atoms with Gasteiger partial charge in [0, 0.05) is 0 Å². The molecule has 1 aromatic carbocycles. The fraction of sp³-hybridized carbons (Fsp3) is 0.625. The summed E-state index contributed by atoms with van der Waals surface area (Å²) in [5, 5.41) is 0. The van der Waals surface area contributed by atoms with Crippen LogP contribution >= 0.6 is 0 Å². The van der Waals surface area contributed by atoms with E-state index < -0.39 is 0 Å². The van der Waals surface area contributed by atoms with Crippen LogP contribution in [0.3, 0.4) is 0 Å². The lowest BCUT2D eigenvalue weighted by molar-refractivity contribution is 0.488. The van der Waals surface area contributed by atoms with Crippen LogP contribution in [0.15, 0.2) is 18.2 Å². The fourth-order valence-corrected chi connectivity index (χ4v) is 1.66. The monoisotopic (exact) mass is 217 g/mol. The predicted octanol–water partition coefficient (Wildman–Crippen LogP) is 4.86. The summed E-state index contributed by atoms with van der Waals surface area (Å²) in [4.78, 5) is 0. The van der Waals surface area contributed by atoms with E-state index in [4.69, 9.17) is 0 Å². The Morgan fingerprint density at radius 2 is 1.25 bits per heavy atom. The zero-order valence-electron chi connectivity index (χ0n) is 11.6. The Kier molecular flexibility index (Phi) is 3.83. The summed E-state index contributed by atoms with van der Waals surface area (Å²) in [6.07, 6.45) is 2.33. The van der Waals surface area contributed by atoms with Crippen LogP contribution in [0.1, 0.15) is 65.5 Å². The maximum absolute atomic E-state index is 3.31. The molecular formula is C16H25. The van der Waals surface area contributed by atoms with E-state index in [2.05, 4.69) is 65.8 Å². The number of benzene rings is 1. The van der Waals surface area contributed by atoms with Crippen molar-refractivity contribution in [2.75, 3.05) is 0 Å². The highest BCUT2D eigenvalue weighted by atomic mass is 14.3. The molecule has 0 heteroatoms. The molecule has 0 amide bonds. The molecule has 0 N–H and O–H groups in total. The van der Waals surface area contributed by atoms with E-state index in [1.54, 1.807) is 0 Å². The summed E-state index contributed by atoms with van der Waals surface area (Å²) in [6, 6.07) is 9.95. The summed E-state index contributed by atoms with van der Waals surface area (Å²) in [6.45, 7) is 13.7. The van der Waals surface area contributed by atoms with Gasteiger partial charge >= 0.3 is 0 Å². The first-order valence-corrected chi connectivity index (χ1v) is 6.35. The molecule has 0 bridgehead atoms. The summed E-state index contributed by atoms with van der Waals surface area (Å²) >= 11 is 0. The molecule has 0 unspecified atom stereocenters. The van der Waals surface area contributed by atoms with Crippen LogP contribution in [-0.4, -0.2) is 0 Å². The average Bonchev–Trinajstić information content (AvgIpc) is 2.29. The van der Waals surface area contributed by atoms with Gasteiger partial charge < -0.3 is 0 Å². The molecule has 0 aliphatic heterocycles. The molecule has 0 saturated heterocycles. The minimum absolute atomic E-state index is 0.260. The van der Waals surface area contributed by atoms with Gasteiger partial charge in [-0.15, -0.1) is 0 Å². The van der Waals surface area contributed by atoms with Crippen molar-refractivity contribution in [3.63, 3.8) is 0 Å². The molecule has 0 aliphatic rings. The molecule has 1 rings (SSSR count). The van der Waals surface area contributed by atoms with Gasteiger partial charge in [-0.25, -0.2) is 0 Å². The van der Waals surface area contributed by atoms with Gasteiger partial charge in [-0.2, -0.15) is 0 Å². The van der Waals surface area contributed by atoms with E-state index in [0.717, 1.165) is 12.8 Å². The molecule has 0 atom stereocenters. The van der Waals surface area contributed by atoms with Gasteiger partial charge in [0.25, 0.3) is 0 Å². The predicted molar refractivity (Wildman–Crippen MR) is 71.9 cm³/mol. The normalized spacial score (nSPS) is 12.9. The standard InChI is InChI=1S/C16H25/c1-7-15(3,4)13-10-9-11-14(12-13)16(5,6)8-2/h10-12H,7-8H2,1-6H3. The van der Waals surface area contributed by atoms with Crippen LogP contribution in [0.5, 0.6) is 0 Å². The highest BCUT2D eigenvalue weighted by Crippen LogP contribution is 2.32. The molecule has 0 aliphatic carbocycles. The van der Waals surface area contributed by atoms with Gasteiger partial charge in [0.1, 0.15) is 0 Å². The van der Waals surface area contributed by atoms with Crippen molar-refractivity contribution in [1.29, 1.82) is 0 Å². The van der Waals surface area contributed by atoms with Crippen LogP contribution in [0.2, 0.25) is 0 Å². The molecule has 0 heterocycles. The first-order chi connectivity index (χ1) is 7.33. The molecule has 0 fully saturated rings. The lowest BCUT2D eigenvalue weighted by Crippen LogP contribution is -2.19. The molecule has 89 valence electrons. The van der Waals surface area contributed by atoms with Gasteiger partial charge in [-0.1, -0.05) is 59.7 Å². The first-order valence-electron chi connectivity index (χ1n) is 6.35. The van der Waals surface area contributed by atoms with Crippen LogP contribution in [0, 0.1) is 6.07 Å².